The van der Waals surface area contributed by atoms with Crippen molar-refractivity contribution in [2.45, 2.75) is 46.4 Å². The number of nitrogens with zero attached hydrogens (tertiary/aromatic N) is 1. The third kappa shape index (κ3) is 2.94. The molecule has 0 aliphatic carbocycles. The Bertz CT molecular complexity index is 740. The van der Waals surface area contributed by atoms with Gasteiger partial charge in [-0.25, -0.2) is 4.79 Å². The predicted octanol–water partition coefficient (Wildman–Crippen LogP) is 3.02. The van der Waals surface area contributed by atoms with E-state index in [2.05, 4.69) is 30.9 Å². The van der Waals surface area contributed by atoms with E-state index >= 15 is 0 Å². The molecule has 0 bridgehead atoms. The maximum atomic E-state index is 11.9. The lowest BCUT2D eigenvalue weighted by Gasteiger charge is -2.35. The number of aryl methyl sites for hydroxylation is 2. The van der Waals surface area contributed by atoms with Crippen LogP contribution >= 0.6 is 0 Å². The second-order valence-corrected chi connectivity index (χ2v) is 6.43. The molecule has 1 saturated heterocycles. The highest BCUT2D eigenvalue weighted by Crippen LogP contribution is 2.25. The summed E-state index contributed by atoms with van der Waals surface area (Å²) < 4.78 is 11.2. The van der Waals surface area contributed by atoms with Crippen LogP contribution in [0.25, 0.3) is 11.0 Å². The van der Waals surface area contributed by atoms with E-state index in [4.69, 9.17) is 9.15 Å². The van der Waals surface area contributed by atoms with Crippen LogP contribution in [0.2, 0.25) is 0 Å². The SMILES string of the molecule is Cc1ccc2c(CN3C[C@H](C)O[C@@H](C)C3)cc(=O)oc2c1C. The molecule has 0 N–H and O–H groups in total. The second-order valence-electron chi connectivity index (χ2n) is 6.43. The molecule has 118 valence electrons. The van der Waals surface area contributed by atoms with Gasteiger partial charge in [-0.3, -0.25) is 4.90 Å². The molecular weight excluding hydrogens is 278 g/mol. The molecule has 4 nitrogen and oxygen atoms in total. The van der Waals surface area contributed by atoms with Gasteiger partial charge in [-0.15, -0.1) is 0 Å². The van der Waals surface area contributed by atoms with Gasteiger partial charge in [0.1, 0.15) is 5.58 Å². The third-order valence-corrected chi connectivity index (χ3v) is 4.41. The summed E-state index contributed by atoms with van der Waals surface area (Å²) in [7, 11) is 0. The minimum Gasteiger partial charge on any atom is -0.422 e. The zero-order chi connectivity index (χ0) is 15.9. The molecule has 1 fully saturated rings. The molecule has 4 heteroatoms. The number of hydrogen-bond acceptors (Lipinski definition) is 4. The molecular formula is C18H23NO3. The van der Waals surface area contributed by atoms with Crippen molar-refractivity contribution in [1.29, 1.82) is 0 Å². The summed E-state index contributed by atoms with van der Waals surface area (Å²) in [6.07, 6.45) is 0.443. The summed E-state index contributed by atoms with van der Waals surface area (Å²) in [6, 6.07) is 5.77. The highest BCUT2D eigenvalue weighted by molar-refractivity contribution is 5.83. The van der Waals surface area contributed by atoms with Crippen molar-refractivity contribution in [2.24, 2.45) is 0 Å². The number of ether oxygens (including phenoxy) is 1. The van der Waals surface area contributed by atoms with Gasteiger partial charge in [-0.1, -0.05) is 12.1 Å². The minimum atomic E-state index is -0.273. The molecule has 2 heterocycles. The summed E-state index contributed by atoms with van der Waals surface area (Å²) >= 11 is 0. The molecule has 2 atom stereocenters. The van der Waals surface area contributed by atoms with Crippen LogP contribution in [0.15, 0.2) is 27.4 Å². The topological polar surface area (TPSA) is 42.7 Å². The normalized spacial score (nSPS) is 23.1. The van der Waals surface area contributed by atoms with Gasteiger partial charge in [-0.05, 0) is 44.4 Å². The van der Waals surface area contributed by atoms with Crippen molar-refractivity contribution in [2.75, 3.05) is 13.1 Å². The van der Waals surface area contributed by atoms with E-state index in [1.807, 2.05) is 13.8 Å². The van der Waals surface area contributed by atoms with Crippen LogP contribution in [0.3, 0.4) is 0 Å². The monoisotopic (exact) mass is 301 g/mol. The Balaban J connectivity index is 2.00. The average molecular weight is 301 g/mol. The molecule has 3 rings (SSSR count). The predicted molar refractivity (Wildman–Crippen MR) is 87.2 cm³/mol. The lowest BCUT2D eigenvalue weighted by Crippen LogP contribution is -2.44. The van der Waals surface area contributed by atoms with Crippen LogP contribution in [0.1, 0.15) is 30.5 Å². The summed E-state index contributed by atoms with van der Waals surface area (Å²) in [4.78, 5) is 14.3. The minimum absolute atomic E-state index is 0.221. The molecule has 1 aromatic carbocycles. The van der Waals surface area contributed by atoms with E-state index in [1.54, 1.807) is 6.07 Å². The van der Waals surface area contributed by atoms with Crippen LogP contribution in [0, 0.1) is 13.8 Å². The molecule has 2 aromatic rings. The van der Waals surface area contributed by atoms with Crippen molar-refractivity contribution < 1.29 is 9.15 Å². The molecule has 0 amide bonds. The van der Waals surface area contributed by atoms with Gasteiger partial charge in [0.2, 0.25) is 0 Å². The Morgan fingerprint density at radius 1 is 1.18 bits per heavy atom. The van der Waals surface area contributed by atoms with E-state index in [0.717, 1.165) is 47.3 Å². The van der Waals surface area contributed by atoms with E-state index in [-0.39, 0.29) is 17.8 Å². The first-order valence-electron chi connectivity index (χ1n) is 7.85. The van der Waals surface area contributed by atoms with Crippen LogP contribution in [-0.4, -0.2) is 30.2 Å². The van der Waals surface area contributed by atoms with Gasteiger partial charge in [-0.2, -0.15) is 0 Å². The van der Waals surface area contributed by atoms with Crippen molar-refractivity contribution in [3.63, 3.8) is 0 Å². The summed E-state index contributed by atoms with van der Waals surface area (Å²) in [6.45, 7) is 10.7. The number of hydrogen-bond donors (Lipinski definition) is 0. The Kier molecular flexibility index (Phi) is 4.06. The Hall–Kier alpha value is -1.65. The number of rotatable bonds is 2. The largest absolute Gasteiger partial charge is 0.422 e. The fourth-order valence-electron chi connectivity index (χ4n) is 3.31. The smallest absolute Gasteiger partial charge is 0.336 e. The standard InChI is InChI=1S/C18H23NO3/c1-11-5-6-16-15(7-17(20)22-18(16)14(11)4)10-19-8-12(2)21-13(3)9-19/h5-7,12-13H,8-10H2,1-4H3/t12-,13-/m0/s1. The summed E-state index contributed by atoms with van der Waals surface area (Å²) in [5.74, 6) is 0. The van der Waals surface area contributed by atoms with Gasteiger partial charge < -0.3 is 9.15 Å². The zero-order valence-corrected chi connectivity index (χ0v) is 13.7. The Morgan fingerprint density at radius 2 is 1.86 bits per heavy atom. The number of benzene rings is 1. The van der Waals surface area contributed by atoms with Gasteiger partial charge in [0.05, 0.1) is 12.2 Å². The lowest BCUT2D eigenvalue weighted by atomic mass is 10.0. The van der Waals surface area contributed by atoms with Gasteiger partial charge in [0, 0.05) is 31.1 Å². The molecule has 0 spiro atoms. The molecule has 1 aliphatic rings. The average Bonchev–Trinajstić information content (AvgIpc) is 2.42. The van der Waals surface area contributed by atoms with E-state index in [0.29, 0.717) is 0 Å². The second kappa shape index (κ2) is 5.86. The van der Waals surface area contributed by atoms with E-state index in [1.165, 1.54) is 0 Å². The van der Waals surface area contributed by atoms with Crippen LogP contribution in [0.4, 0.5) is 0 Å². The van der Waals surface area contributed by atoms with Crippen molar-refractivity contribution in [1.82, 2.24) is 4.90 Å². The van der Waals surface area contributed by atoms with E-state index < -0.39 is 0 Å². The van der Waals surface area contributed by atoms with Crippen molar-refractivity contribution in [3.05, 3.63) is 45.3 Å². The van der Waals surface area contributed by atoms with Crippen LogP contribution in [-0.2, 0) is 11.3 Å². The number of morpholine rings is 1. The highest BCUT2D eigenvalue weighted by atomic mass is 16.5. The Morgan fingerprint density at radius 3 is 2.55 bits per heavy atom. The van der Waals surface area contributed by atoms with Crippen molar-refractivity contribution >= 4 is 11.0 Å². The van der Waals surface area contributed by atoms with Gasteiger partial charge >= 0.3 is 5.63 Å². The van der Waals surface area contributed by atoms with Crippen molar-refractivity contribution in [3.8, 4) is 0 Å². The maximum absolute atomic E-state index is 11.9. The Labute approximate surface area is 130 Å². The molecule has 1 aliphatic heterocycles. The maximum Gasteiger partial charge on any atom is 0.336 e. The van der Waals surface area contributed by atoms with Gasteiger partial charge in [0.25, 0.3) is 0 Å². The number of fused-ring (bicyclic) bond motifs is 1. The van der Waals surface area contributed by atoms with Crippen LogP contribution in [0.5, 0.6) is 0 Å². The van der Waals surface area contributed by atoms with Crippen LogP contribution < -0.4 is 5.63 Å². The fourth-order valence-corrected chi connectivity index (χ4v) is 3.31. The lowest BCUT2D eigenvalue weighted by molar-refractivity contribution is -0.0704. The van der Waals surface area contributed by atoms with E-state index in [9.17, 15) is 4.79 Å². The van der Waals surface area contributed by atoms with Gasteiger partial charge in [0.15, 0.2) is 0 Å². The molecule has 0 radical (unpaired) electrons. The highest BCUT2D eigenvalue weighted by Gasteiger charge is 2.23. The first-order valence-corrected chi connectivity index (χ1v) is 7.85. The molecule has 0 saturated carbocycles. The molecule has 1 aromatic heterocycles. The first kappa shape index (κ1) is 15.3. The zero-order valence-electron chi connectivity index (χ0n) is 13.7. The summed E-state index contributed by atoms with van der Waals surface area (Å²) in [5.41, 5.74) is 3.67. The third-order valence-electron chi connectivity index (χ3n) is 4.41. The molecule has 22 heavy (non-hydrogen) atoms. The quantitative estimate of drug-likeness (QED) is 0.800. The fraction of sp³-hybridized carbons (Fsp3) is 0.500. The summed E-state index contributed by atoms with van der Waals surface area (Å²) in [5, 5.41) is 1.04. The first-order chi connectivity index (χ1) is 10.4. The molecule has 0 unspecified atom stereocenters.